The normalized spacial score (nSPS) is 27.4. The fraction of sp³-hybridized carbons (Fsp3) is 0.625. The molecule has 3 unspecified atom stereocenters. The van der Waals surface area contributed by atoms with Gasteiger partial charge in [-0.1, -0.05) is 6.07 Å². The van der Waals surface area contributed by atoms with E-state index >= 15 is 0 Å². The molecule has 3 atom stereocenters. The first kappa shape index (κ1) is 15.3. The Morgan fingerprint density at radius 2 is 2.38 bits per heavy atom. The zero-order valence-electron chi connectivity index (χ0n) is 12.3. The van der Waals surface area contributed by atoms with E-state index in [0.717, 1.165) is 35.5 Å². The van der Waals surface area contributed by atoms with Gasteiger partial charge in [0.05, 0.1) is 30.4 Å². The number of nitrogens with zero attached hydrogens (tertiary/aromatic N) is 1. The van der Waals surface area contributed by atoms with E-state index in [1.54, 1.807) is 7.11 Å². The Kier molecular flexibility index (Phi) is 4.84. The minimum atomic E-state index is -0.466. The summed E-state index contributed by atoms with van der Waals surface area (Å²) in [5, 5.41) is 10.5. The number of morpholine rings is 1. The summed E-state index contributed by atoms with van der Waals surface area (Å²) in [4.78, 5) is 2.46. The first-order valence-corrected chi connectivity index (χ1v) is 8.33. The molecule has 5 heteroatoms. The summed E-state index contributed by atoms with van der Waals surface area (Å²) in [6.45, 7) is 2.75. The van der Waals surface area contributed by atoms with Crippen molar-refractivity contribution in [3.63, 3.8) is 0 Å². The quantitative estimate of drug-likeness (QED) is 0.899. The van der Waals surface area contributed by atoms with Crippen LogP contribution in [0.3, 0.4) is 0 Å². The number of hydrogen-bond acceptors (Lipinski definition) is 4. The molecule has 0 aromatic heterocycles. The topological polar surface area (TPSA) is 41.9 Å². The number of rotatable bonds is 4. The highest BCUT2D eigenvalue weighted by atomic mass is 79.9. The molecule has 2 heterocycles. The molecule has 1 aromatic rings. The largest absolute Gasteiger partial charge is 0.496 e. The van der Waals surface area contributed by atoms with Crippen molar-refractivity contribution in [3.05, 3.63) is 28.2 Å². The van der Waals surface area contributed by atoms with E-state index in [4.69, 9.17) is 9.47 Å². The highest BCUT2D eigenvalue weighted by molar-refractivity contribution is 9.10. The Labute approximate surface area is 134 Å². The van der Waals surface area contributed by atoms with Crippen molar-refractivity contribution in [2.24, 2.45) is 0 Å². The van der Waals surface area contributed by atoms with E-state index in [-0.39, 0.29) is 6.10 Å². The van der Waals surface area contributed by atoms with Crippen molar-refractivity contribution in [1.82, 2.24) is 4.90 Å². The summed E-state index contributed by atoms with van der Waals surface area (Å²) in [5.74, 6) is 0.807. The van der Waals surface area contributed by atoms with Crippen LogP contribution in [0.25, 0.3) is 0 Å². The van der Waals surface area contributed by atoms with E-state index in [9.17, 15) is 5.11 Å². The number of halogens is 1. The lowest BCUT2D eigenvalue weighted by Crippen LogP contribution is -2.50. The van der Waals surface area contributed by atoms with Crippen LogP contribution in [0.4, 0.5) is 0 Å². The summed E-state index contributed by atoms with van der Waals surface area (Å²) in [6.07, 6.45) is 2.54. The smallest absolute Gasteiger partial charge is 0.133 e. The minimum absolute atomic E-state index is 0.0831. The van der Waals surface area contributed by atoms with E-state index in [0.29, 0.717) is 12.5 Å². The Balaban J connectivity index is 1.60. The predicted octanol–water partition coefficient (Wildman–Crippen LogP) is 2.22. The van der Waals surface area contributed by atoms with Crippen LogP contribution in [0.1, 0.15) is 18.4 Å². The second-order valence-corrected chi connectivity index (χ2v) is 6.76. The lowest BCUT2D eigenvalue weighted by Gasteiger charge is -2.37. The van der Waals surface area contributed by atoms with Crippen LogP contribution in [0, 0.1) is 0 Å². The zero-order valence-corrected chi connectivity index (χ0v) is 13.9. The van der Waals surface area contributed by atoms with Gasteiger partial charge in [-0.15, -0.1) is 0 Å². The van der Waals surface area contributed by atoms with Crippen molar-refractivity contribution in [3.8, 4) is 5.75 Å². The minimum Gasteiger partial charge on any atom is -0.496 e. The second-order valence-electron chi connectivity index (χ2n) is 5.90. The Morgan fingerprint density at radius 1 is 1.52 bits per heavy atom. The molecule has 21 heavy (non-hydrogen) atoms. The molecule has 0 aliphatic carbocycles. The summed E-state index contributed by atoms with van der Waals surface area (Å²) in [6, 6.07) is 6.49. The first-order valence-electron chi connectivity index (χ1n) is 7.53. The summed E-state index contributed by atoms with van der Waals surface area (Å²) in [5.41, 5.74) is 1.09. The van der Waals surface area contributed by atoms with Crippen molar-refractivity contribution in [2.75, 3.05) is 26.8 Å². The molecular weight excluding hydrogens is 334 g/mol. The molecule has 2 fully saturated rings. The average Bonchev–Trinajstić information content (AvgIpc) is 2.94. The number of aliphatic hydroxyl groups is 1. The molecule has 2 aliphatic rings. The Bertz CT molecular complexity index is 496. The number of methoxy groups -OCH3 is 1. The lowest BCUT2D eigenvalue weighted by molar-refractivity contribution is -0.101. The van der Waals surface area contributed by atoms with Gasteiger partial charge in [-0.2, -0.15) is 0 Å². The number of fused-ring (bicyclic) bond motifs is 1. The second kappa shape index (κ2) is 6.65. The molecule has 0 amide bonds. The maximum absolute atomic E-state index is 10.5. The van der Waals surface area contributed by atoms with Gasteiger partial charge >= 0.3 is 0 Å². The van der Waals surface area contributed by atoms with E-state index in [2.05, 4.69) is 20.8 Å². The van der Waals surface area contributed by atoms with Gasteiger partial charge in [-0.3, -0.25) is 4.90 Å². The Morgan fingerprint density at radius 3 is 3.14 bits per heavy atom. The fourth-order valence-corrected chi connectivity index (χ4v) is 3.87. The SMILES string of the molecule is COc1ccc(CC(O)C2CN3CCCC3CO2)cc1Br. The van der Waals surface area contributed by atoms with Gasteiger partial charge in [0.25, 0.3) is 0 Å². The fourth-order valence-electron chi connectivity index (χ4n) is 3.29. The van der Waals surface area contributed by atoms with Crippen molar-refractivity contribution < 1.29 is 14.6 Å². The van der Waals surface area contributed by atoms with Crippen LogP contribution >= 0.6 is 15.9 Å². The summed E-state index contributed by atoms with van der Waals surface area (Å²) < 4.78 is 12.0. The lowest BCUT2D eigenvalue weighted by atomic mass is 10.0. The van der Waals surface area contributed by atoms with Gasteiger partial charge in [0.15, 0.2) is 0 Å². The van der Waals surface area contributed by atoms with Crippen LogP contribution in [0.2, 0.25) is 0 Å². The van der Waals surface area contributed by atoms with Gasteiger partial charge in [0, 0.05) is 19.0 Å². The van der Waals surface area contributed by atoms with Crippen LogP contribution in [0.15, 0.2) is 22.7 Å². The van der Waals surface area contributed by atoms with Crippen molar-refractivity contribution in [1.29, 1.82) is 0 Å². The molecule has 4 nitrogen and oxygen atoms in total. The monoisotopic (exact) mass is 355 g/mol. The highest BCUT2D eigenvalue weighted by Gasteiger charge is 2.35. The third-order valence-electron chi connectivity index (χ3n) is 4.51. The third kappa shape index (κ3) is 3.42. The van der Waals surface area contributed by atoms with Crippen LogP contribution in [-0.4, -0.2) is 55.1 Å². The summed E-state index contributed by atoms with van der Waals surface area (Å²) >= 11 is 3.48. The van der Waals surface area contributed by atoms with Crippen LogP contribution in [-0.2, 0) is 11.2 Å². The number of aliphatic hydroxyl groups excluding tert-OH is 1. The predicted molar refractivity (Wildman–Crippen MR) is 84.7 cm³/mol. The molecule has 2 aliphatic heterocycles. The Hall–Kier alpha value is -0.620. The van der Waals surface area contributed by atoms with E-state index in [1.807, 2.05) is 18.2 Å². The number of hydrogen-bond donors (Lipinski definition) is 1. The molecule has 0 bridgehead atoms. The standard InChI is InChI=1S/C16H22BrNO3/c1-20-15-5-4-11(7-13(15)17)8-14(19)16-9-18-6-2-3-12(18)10-21-16/h4-5,7,12,14,16,19H,2-3,6,8-10H2,1H3. The van der Waals surface area contributed by atoms with E-state index < -0.39 is 6.10 Å². The van der Waals surface area contributed by atoms with Crippen LogP contribution < -0.4 is 4.74 Å². The molecule has 116 valence electrons. The maximum atomic E-state index is 10.5. The van der Waals surface area contributed by atoms with E-state index in [1.165, 1.54) is 12.8 Å². The van der Waals surface area contributed by atoms with Gasteiger partial charge in [0.1, 0.15) is 5.75 Å². The molecule has 0 radical (unpaired) electrons. The number of benzene rings is 1. The molecule has 1 aromatic carbocycles. The molecule has 0 spiro atoms. The highest BCUT2D eigenvalue weighted by Crippen LogP contribution is 2.28. The van der Waals surface area contributed by atoms with Crippen LogP contribution in [0.5, 0.6) is 5.75 Å². The van der Waals surface area contributed by atoms with Gasteiger partial charge in [-0.25, -0.2) is 0 Å². The van der Waals surface area contributed by atoms with Crippen molar-refractivity contribution in [2.45, 2.75) is 37.5 Å². The maximum Gasteiger partial charge on any atom is 0.133 e. The number of ether oxygens (including phenoxy) is 2. The van der Waals surface area contributed by atoms with Gasteiger partial charge < -0.3 is 14.6 Å². The zero-order chi connectivity index (χ0) is 14.8. The molecule has 0 saturated carbocycles. The summed E-state index contributed by atoms with van der Waals surface area (Å²) in [7, 11) is 1.65. The first-order chi connectivity index (χ1) is 10.2. The van der Waals surface area contributed by atoms with Crippen molar-refractivity contribution >= 4 is 15.9 Å². The average molecular weight is 356 g/mol. The third-order valence-corrected chi connectivity index (χ3v) is 5.13. The molecule has 1 N–H and O–H groups in total. The molecule has 2 saturated heterocycles. The molecular formula is C16H22BrNO3. The van der Waals surface area contributed by atoms with Gasteiger partial charge in [-0.05, 0) is 53.0 Å². The molecule has 3 rings (SSSR count). The van der Waals surface area contributed by atoms with Gasteiger partial charge in [0.2, 0.25) is 0 Å².